The lowest BCUT2D eigenvalue weighted by atomic mass is 10.2. The molecule has 1 aromatic carbocycles. The van der Waals surface area contributed by atoms with Gasteiger partial charge in [0, 0.05) is 20.1 Å². The molecule has 0 spiro atoms. The molecule has 1 aromatic heterocycles. The third-order valence-electron chi connectivity index (χ3n) is 3.51. The van der Waals surface area contributed by atoms with Gasteiger partial charge >= 0.3 is 0 Å². The summed E-state index contributed by atoms with van der Waals surface area (Å²) in [4.78, 5) is 27.1. The number of carbonyl (C=O) groups is 2. The molecule has 0 fully saturated rings. The van der Waals surface area contributed by atoms with Crippen LogP contribution in [0.1, 0.15) is 25.6 Å². The second-order valence-corrected chi connectivity index (χ2v) is 6.85. The molecule has 0 aliphatic heterocycles. The number of rotatable bonds is 6. The summed E-state index contributed by atoms with van der Waals surface area (Å²) in [6.45, 7) is 3.21. The van der Waals surface area contributed by atoms with Crippen molar-refractivity contribution in [1.82, 2.24) is 10.2 Å². The predicted molar refractivity (Wildman–Crippen MR) is 99.3 cm³/mol. The molecule has 128 valence electrons. The van der Waals surface area contributed by atoms with Crippen LogP contribution in [0.25, 0.3) is 0 Å². The number of carbonyl (C=O) groups excluding carboxylic acids is 2. The second kappa shape index (κ2) is 8.28. The van der Waals surface area contributed by atoms with Gasteiger partial charge in [0.1, 0.15) is 0 Å². The van der Waals surface area contributed by atoms with Crippen LogP contribution in [-0.2, 0) is 0 Å². The third kappa shape index (κ3) is 4.35. The van der Waals surface area contributed by atoms with E-state index < -0.39 is 0 Å². The van der Waals surface area contributed by atoms with Crippen molar-refractivity contribution in [3.63, 3.8) is 0 Å². The molecule has 0 unspecified atom stereocenters. The third-order valence-corrected chi connectivity index (χ3v) is 4.98. The minimum Gasteiger partial charge on any atom is -0.340 e. The molecule has 2 N–H and O–H groups in total. The number of halogens is 1. The quantitative estimate of drug-likeness (QED) is 0.826. The molecule has 0 saturated heterocycles. The molecule has 2 rings (SSSR count). The number of thiophene rings is 1. The first-order valence-corrected chi connectivity index (χ1v) is 8.70. The number of likely N-dealkylation sites (N-methyl/N-ethyl adjacent to an activating group) is 2. The van der Waals surface area contributed by atoms with Gasteiger partial charge in [-0.25, -0.2) is 0 Å². The van der Waals surface area contributed by atoms with E-state index in [0.29, 0.717) is 27.0 Å². The number of amides is 2. The van der Waals surface area contributed by atoms with Crippen LogP contribution in [0.3, 0.4) is 0 Å². The largest absolute Gasteiger partial charge is 0.340 e. The maximum atomic E-state index is 12.5. The van der Waals surface area contributed by atoms with E-state index in [9.17, 15) is 9.59 Å². The Morgan fingerprint density at radius 2 is 2.00 bits per heavy atom. The zero-order valence-corrected chi connectivity index (χ0v) is 15.4. The fourth-order valence-corrected chi connectivity index (χ4v) is 3.42. The fraction of sp³-hybridized carbons (Fsp3) is 0.294. The highest BCUT2D eigenvalue weighted by Crippen LogP contribution is 2.28. The van der Waals surface area contributed by atoms with E-state index >= 15 is 0 Å². The molecule has 7 heteroatoms. The normalized spacial score (nSPS) is 10.5. The zero-order chi connectivity index (χ0) is 17.7. The minimum absolute atomic E-state index is 0.0500. The van der Waals surface area contributed by atoms with E-state index in [2.05, 4.69) is 10.6 Å². The maximum absolute atomic E-state index is 12.5. The Morgan fingerprint density at radius 1 is 1.29 bits per heavy atom. The van der Waals surface area contributed by atoms with E-state index in [-0.39, 0.29) is 11.8 Å². The van der Waals surface area contributed by atoms with Gasteiger partial charge in [-0.1, -0.05) is 23.7 Å². The molecular weight excluding hydrogens is 346 g/mol. The highest BCUT2D eigenvalue weighted by Gasteiger charge is 2.19. The van der Waals surface area contributed by atoms with E-state index in [0.717, 1.165) is 12.1 Å². The predicted octanol–water partition coefficient (Wildman–Crippen LogP) is 3.25. The van der Waals surface area contributed by atoms with Gasteiger partial charge in [0.05, 0.1) is 20.5 Å². The van der Waals surface area contributed by atoms with Gasteiger partial charge in [0.15, 0.2) is 0 Å². The molecule has 0 aliphatic rings. The summed E-state index contributed by atoms with van der Waals surface area (Å²) in [6.07, 6.45) is 0. The van der Waals surface area contributed by atoms with Crippen molar-refractivity contribution in [3.8, 4) is 0 Å². The Hall–Kier alpha value is -1.89. The van der Waals surface area contributed by atoms with Crippen LogP contribution >= 0.6 is 22.9 Å². The summed E-state index contributed by atoms with van der Waals surface area (Å²) in [7, 11) is 3.61. The number of hydrogen-bond donors (Lipinski definition) is 2. The number of anilines is 1. The lowest BCUT2D eigenvalue weighted by Crippen LogP contribution is -2.32. The molecule has 0 atom stereocenters. The van der Waals surface area contributed by atoms with Gasteiger partial charge in [-0.3, -0.25) is 9.59 Å². The molecule has 1 heterocycles. The smallest absolute Gasteiger partial charge is 0.264 e. The van der Waals surface area contributed by atoms with Crippen molar-refractivity contribution < 1.29 is 9.59 Å². The zero-order valence-electron chi connectivity index (χ0n) is 13.9. The van der Waals surface area contributed by atoms with Crippen LogP contribution in [-0.4, -0.2) is 43.9 Å². The average molecular weight is 366 g/mol. The molecule has 2 aromatic rings. The van der Waals surface area contributed by atoms with Gasteiger partial charge in [0.2, 0.25) is 0 Å². The molecule has 0 radical (unpaired) electrons. The van der Waals surface area contributed by atoms with Crippen LogP contribution < -0.4 is 10.6 Å². The SMILES string of the molecule is CNCCN(C)C(=O)c1sc(NC(=O)c2ccccc2Cl)cc1C. The molecule has 0 aliphatic carbocycles. The van der Waals surface area contributed by atoms with Gasteiger partial charge in [0.25, 0.3) is 11.8 Å². The number of aryl methyl sites for hydroxylation is 1. The van der Waals surface area contributed by atoms with Crippen molar-refractivity contribution in [2.24, 2.45) is 0 Å². The summed E-state index contributed by atoms with van der Waals surface area (Å²) >= 11 is 7.31. The molecule has 0 bridgehead atoms. The molecule has 0 saturated carbocycles. The number of nitrogens with zero attached hydrogens (tertiary/aromatic N) is 1. The van der Waals surface area contributed by atoms with E-state index in [1.807, 2.05) is 14.0 Å². The second-order valence-electron chi connectivity index (χ2n) is 5.39. The Kier molecular flexibility index (Phi) is 6.36. The van der Waals surface area contributed by atoms with Crippen LogP contribution in [0.2, 0.25) is 5.02 Å². The first-order valence-electron chi connectivity index (χ1n) is 7.50. The standard InChI is InChI=1S/C17H20ClN3O2S/c1-11-10-14(20-16(22)12-6-4-5-7-13(12)18)24-15(11)17(23)21(3)9-8-19-2/h4-7,10,19H,8-9H2,1-3H3,(H,20,22). The Labute approximate surface area is 150 Å². The van der Waals surface area contributed by atoms with Gasteiger partial charge < -0.3 is 15.5 Å². The molecule has 5 nitrogen and oxygen atoms in total. The van der Waals surface area contributed by atoms with Crippen molar-refractivity contribution in [3.05, 3.63) is 51.4 Å². The minimum atomic E-state index is -0.288. The van der Waals surface area contributed by atoms with Crippen LogP contribution in [0, 0.1) is 6.92 Å². The molecular formula is C17H20ClN3O2S. The summed E-state index contributed by atoms with van der Waals surface area (Å²) < 4.78 is 0. The van der Waals surface area contributed by atoms with Crippen LogP contribution in [0.4, 0.5) is 5.00 Å². The summed E-state index contributed by atoms with van der Waals surface area (Å²) in [5.41, 5.74) is 1.25. The highest BCUT2D eigenvalue weighted by atomic mass is 35.5. The van der Waals surface area contributed by atoms with Crippen molar-refractivity contribution >= 4 is 39.8 Å². The Bertz CT molecular complexity index is 745. The van der Waals surface area contributed by atoms with Gasteiger partial charge in [-0.15, -0.1) is 11.3 Å². The van der Waals surface area contributed by atoms with E-state index in [1.54, 1.807) is 42.3 Å². The van der Waals surface area contributed by atoms with E-state index in [4.69, 9.17) is 11.6 Å². The van der Waals surface area contributed by atoms with Crippen LogP contribution in [0.5, 0.6) is 0 Å². The van der Waals surface area contributed by atoms with Crippen molar-refractivity contribution in [2.75, 3.05) is 32.5 Å². The summed E-state index contributed by atoms with van der Waals surface area (Å²) in [5, 5.41) is 6.85. The summed E-state index contributed by atoms with van der Waals surface area (Å²) in [6, 6.07) is 8.66. The first kappa shape index (κ1) is 18.4. The molecule has 2 amide bonds. The first-order chi connectivity index (χ1) is 11.4. The average Bonchev–Trinajstić information content (AvgIpc) is 2.92. The molecule has 24 heavy (non-hydrogen) atoms. The Balaban J connectivity index is 2.12. The highest BCUT2D eigenvalue weighted by molar-refractivity contribution is 7.18. The lowest BCUT2D eigenvalue weighted by molar-refractivity contribution is 0.0800. The monoisotopic (exact) mass is 365 g/mol. The maximum Gasteiger partial charge on any atom is 0.264 e. The van der Waals surface area contributed by atoms with Crippen molar-refractivity contribution in [2.45, 2.75) is 6.92 Å². The van der Waals surface area contributed by atoms with Crippen LogP contribution in [0.15, 0.2) is 30.3 Å². The topological polar surface area (TPSA) is 61.4 Å². The number of benzene rings is 1. The van der Waals surface area contributed by atoms with Crippen molar-refractivity contribution in [1.29, 1.82) is 0 Å². The van der Waals surface area contributed by atoms with E-state index in [1.165, 1.54) is 11.3 Å². The van der Waals surface area contributed by atoms with Gasteiger partial charge in [-0.05, 0) is 37.7 Å². The number of nitrogens with one attached hydrogen (secondary N) is 2. The summed E-state index contributed by atoms with van der Waals surface area (Å²) in [5.74, 6) is -0.338. The lowest BCUT2D eigenvalue weighted by Gasteiger charge is -2.16. The Morgan fingerprint density at radius 3 is 2.67 bits per heavy atom. The van der Waals surface area contributed by atoms with Gasteiger partial charge in [-0.2, -0.15) is 0 Å². The number of hydrogen-bond acceptors (Lipinski definition) is 4. The fourth-order valence-electron chi connectivity index (χ4n) is 2.14.